The molecule has 0 unspecified atom stereocenters. The molecule has 0 spiro atoms. The van der Waals surface area contributed by atoms with Crippen LogP contribution in [0.4, 0.5) is 34.1 Å². The number of para-hydroxylation sites is 2. The molecule has 3 nitrogen and oxygen atoms in total. The van der Waals surface area contributed by atoms with Gasteiger partial charge in [0.05, 0.1) is 28.1 Å². The van der Waals surface area contributed by atoms with Crippen LogP contribution in [0, 0.1) is 13.8 Å². The van der Waals surface area contributed by atoms with E-state index < -0.39 is 0 Å². The average Bonchev–Trinajstić information content (AvgIpc) is 3.66. The van der Waals surface area contributed by atoms with Gasteiger partial charge in [-0.2, -0.15) is 0 Å². The number of hydrogen-bond donors (Lipinski definition) is 0. The molecule has 0 aliphatic rings. The zero-order valence-corrected chi connectivity index (χ0v) is 39.9. The topological polar surface area (TPSA) is 11.4 Å². The smallest absolute Gasteiger partial charge is 0.0568 e. The van der Waals surface area contributed by atoms with Crippen LogP contribution in [0.15, 0.2) is 200 Å². The highest BCUT2D eigenvalue weighted by molar-refractivity contribution is 6.32. The van der Waals surface area contributed by atoms with Crippen molar-refractivity contribution >= 4 is 88.2 Å². The molecule has 0 aliphatic carbocycles. The Labute approximate surface area is 395 Å². The van der Waals surface area contributed by atoms with Gasteiger partial charge in [-0.25, -0.2) is 0 Å². The van der Waals surface area contributed by atoms with Crippen molar-refractivity contribution in [3.63, 3.8) is 0 Å². The SMILES string of the molecule is Cc1ccccc1N(c1ccc(C(C)(C)C)cc1)c1cc2c(c3ccccc13)c1c3ccccc3c(N(c3ccc(C(C)(C)C)cc3)c3ccccc3C)cc1n2-c1cccc2ccccc12. The quantitative estimate of drug-likeness (QED) is 0.158. The Bertz CT molecular complexity index is 3460. The molecule has 0 amide bonds. The molecule has 3 heteroatoms. The molecule has 0 aliphatic heterocycles. The minimum Gasteiger partial charge on any atom is -0.310 e. The van der Waals surface area contributed by atoms with Crippen molar-refractivity contribution in [1.82, 2.24) is 4.57 Å². The van der Waals surface area contributed by atoms with Gasteiger partial charge in [-0.3, -0.25) is 0 Å². The van der Waals surface area contributed by atoms with E-state index in [2.05, 4.69) is 270 Å². The number of rotatable bonds is 7. The molecule has 0 atom stereocenters. The molecular formula is C64H57N3. The van der Waals surface area contributed by atoms with E-state index in [1.54, 1.807) is 0 Å². The van der Waals surface area contributed by atoms with Gasteiger partial charge >= 0.3 is 0 Å². The number of anilines is 6. The third kappa shape index (κ3) is 7.13. The van der Waals surface area contributed by atoms with Gasteiger partial charge in [0, 0.05) is 49.7 Å². The summed E-state index contributed by atoms with van der Waals surface area (Å²) < 4.78 is 2.57. The van der Waals surface area contributed by atoms with Gasteiger partial charge in [0.25, 0.3) is 0 Å². The average molecular weight is 868 g/mol. The third-order valence-corrected chi connectivity index (χ3v) is 13.9. The van der Waals surface area contributed by atoms with Crippen molar-refractivity contribution in [2.24, 2.45) is 0 Å². The summed E-state index contributed by atoms with van der Waals surface area (Å²) in [7, 11) is 0. The van der Waals surface area contributed by atoms with Gasteiger partial charge in [0.15, 0.2) is 0 Å². The fourth-order valence-corrected chi connectivity index (χ4v) is 10.4. The van der Waals surface area contributed by atoms with E-state index in [0.717, 1.165) is 50.8 Å². The first-order valence-electron chi connectivity index (χ1n) is 23.7. The maximum Gasteiger partial charge on any atom is 0.0568 e. The van der Waals surface area contributed by atoms with Crippen LogP contribution in [0.3, 0.4) is 0 Å². The summed E-state index contributed by atoms with van der Waals surface area (Å²) in [5.74, 6) is 0. The van der Waals surface area contributed by atoms with Gasteiger partial charge in [-0.05, 0) is 118 Å². The third-order valence-electron chi connectivity index (χ3n) is 13.9. The summed E-state index contributed by atoms with van der Waals surface area (Å²) in [6.07, 6.45) is 0. The highest BCUT2D eigenvalue weighted by Crippen LogP contribution is 2.51. The van der Waals surface area contributed by atoms with Crippen molar-refractivity contribution < 1.29 is 0 Å². The lowest BCUT2D eigenvalue weighted by Crippen LogP contribution is -2.14. The molecule has 0 radical (unpaired) electrons. The van der Waals surface area contributed by atoms with Crippen molar-refractivity contribution in [3.8, 4) is 5.69 Å². The molecule has 11 rings (SSSR count). The molecule has 67 heavy (non-hydrogen) atoms. The van der Waals surface area contributed by atoms with Crippen molar-refractivity contribution in [1.29, 1.82) is 0 Å². The summed E-state index contributed by atoms with van der Waals surface area (Å²) in [6, 6.07) is 74.7. The second kappa shape index (κ2) is 16.1. The number of aromatic nitrogens is 1. The minimum absolute atomic E-state index is 0.0311. The van der Waals surface area contributed by atoms with E-state index in [0.29, 0.717) is 0 Å². The maximum atomic E-state index is 2.57. The van der Waals surface area contributed by atoms with Crippen LogP contribution in [0.2, 0.25) is 0 Å². The highest BCUT2D eigenvalue weighted by atomic mass is 15.2. The van der Waals surface area contributed by atoms with Crippen LogP contribution in [-0.4, -0.2) is 4.57 Å². The predicted molar refractivity (Wildman–Crippen MR) is 290 cm³/mol. The van der Waals surface area contributed by atoms with Gasteiger partial charge in [0.2, 0.25) is 0 Å². The van der Waals surface area contributed by atoms with Gasteiger partial charge in [-0.1, -0.05) is 187 Å². The molecule has 0 saturated carbocycles. The highest BCUT2D eigenvalue weighted by Gasteiger charge is 2.27. The molecule has 1 aromatic heterocycles. The Morgan fingerprint density at radius 3 is 1.15 bits per heavy atom. The Morgan fingerprint density at radius 2 is 0.716 bits per heavy atom. The standard InChI is InChI=1S/C64H57N3/c1-42-20-9-17-29-54(42)65(47-36-32-45(33-37-47)63(3,4)5)57-40-59-61(52-27-15-13-25-50(52)57)62-53-28-16-14-26-51(53)58(41-60(62)67(59)56-31-19-23-44-22-11-12-24-49(44)56)66(55-30-18-10-21-43(55)2)48-38-34-46(35-39-48)64(6,7)8/h9-41H,1-8H3. The normalized spacial score (nSPS) is 12.2. The van der Waals surface area contributed by atoms with E-state index in [4.69, 9.17) is 0 Å². The van der Waals surface area contributed by atoms with E-state index in [1.807, 2.05) is 0 Å². The number of nitrogens with zero attached hydrogens (tertiary/aromatic N) is 3. The summed E-state index contributed by atoms with van der Waals surface area (Å²) in [5.41, 5.74) is 15.4. The van der Waals surface area contributed by atoms with Crippen LogP contribution in [0.25, 0.3) is 59.8 Å². The van der Waals surface area contributed by atoms with Crippen LogP contribution in [-0.2, 0) is 10.8 Å². The first-order chi connectivity index (χ1) is 32.4. The second-order valence-corrected chi connectivity index (χ2v) is 20.3. The Kier molecular flexibility index (Phi) is 10.1. The van der Waals surface area contributed by atoms with Crippen LogP contribution < -0.4 is 9.80 Å². The van der Waals surface area contributed by atoms with Crippen molar-refractivity contribution in [2.75, 3.05) is 9.80 Å². The first kappa shape index (κ1) is 42.0. The summed E-state index contributed by atoms with van der Waals surface area (Å²) in [6.45, 7) is 18.2. The summed E-state index contributed by atoms with van der Waals surface area (Å²) >= 11 is 0. The predicted octanol–water partition coefficient (Wildman–Crippen LogP) is 18.4. The number of fused-ring (bicyclic) bond motifs is 8. The molecule has 0 bridgehead atoms. The lowest BCUT2D eigenvalue weighted by atomic mass is 9.87. The van der Waals surface area contributed by atoms with E-state index >= 15 is 0 Å². The largest absolute Gasteiger partial charge is 0.310 e. The van der Waals surface area contributed by atoms with Crippen LogP contribution in [0.5, 0.6) is 0 Å². The molecule has 0 fully saturated rings. The van der Waals surface area contributed by atoms with Crippen LogP contribution in [0.1, 0.15) is 63.8 Å². The Balaban J connectivity index is 1.31. The van der Waals surface area contributed by atoms with Crippen molar-refractivity contribution in [2.45, 2.75) is 66.2 Å². The van der Waals surface area contributed by atoms with E-state index in [9.17, 15) is 0 Å². The first-order valence-corrected chi connectivity index (χ1v) is 23.7. The zero-order chi connectivity index (χ0) is 46.2. The lowest BCUT2D eigenvalue weighted by molar-refractivity contribution is 0.590. The van der Waals surface area contributed by atoms with Gasteiger partial charge < -0.3 is 14.4 Å². The van der Waals surface area contributed by atoms with E-state index in [-0.39, 0.29) is 10.8 Å². The fourth-order valence-electron chi connectivity index (χ4n) is 10.4. The molecule has 0 saturated heterocycles. The molecule has 10 aromatic carbocycles. The molecule has 328 valence electrons. The second-order valence-electron chi connectivity index (χ2n) is 20.3. The van der Waals surface area contributed by atoms with Gasteiger partial charge in [0.1, 0.15) is 0 Å². The number of hydrogen-bond acceptors (Lipinski definition) is 2. The Hall–Kier alpha value is -7.62. The summed E-state index contributed by atoms with van der Waals surface area (Å²) in [5, 5.41) is 9.73. The van der Waals surface area contributed by atoms with Crippen molar-refractivity contribution in [3.05, 3.63) is 222 Å². The minimum atomic E-state index is 0.0311. The molecule has 0 N–H and O–H groups in total. The molecule has 11 aromatic rings. The lowest BCUT2D eigenvalue weighted by Gasteiger charge is -2.29. The zero-order valence-electron chi connectivity index (χ0n) is 39.9. The van der Waals surface area contributed by atoms with Gasteiger partial charge in [-0.15, -0.1) is 0 Å². The maximum absolute atomic E-state index is 2.57. The monoisotopic (exact) mass is 867 g/mol. The molecular weight excluding hydrogens is 811 g/mol. The van der Waals surface area contributed by atoms with E-state index in [1.165, 1.54) is 65.3 Å². The number of aryl methyl sites for hydroxylation is 2. The Morgan fingerprint density at radius 1 is 0.343 bits per heavy atom. The van der Waals surface area contributed by atoms with Crippen LogP contribution >= 0.6 is 0 Å². The number of benzene rings is 10. The summed E-state index contributed by atoms with van der Waals surface area (Å²) in [4.78, 5) is 4.97. The molecule has 1 heterocycles. The fraction of sp³-hybridized carbons (Fsp3) is 0.156.